The molecule has 40 heteroatoms. The maximum absolute atomic E-state index is 12.8. The van der Waals surface area contributed by atoms with Gasteiger partial charge in [0, 0.05) is 98.8 Å². The topological polar surface area (TPSA) is 533 Å². The van der Waals surface area contributed by atoms with Gasteiger partial charge in [-0.2, -0.15) is 35.3 Å². The zero-order valence-corrected chi connectivity index (χ0v) is 98.7. The maximum Gasteiger partial charge on any atom is 0.327 e. The zero-order chi connectivity index (χ0) is 111. The van der Waals surface area contributed by atoms with Gasteiger partial charge in [-0.1, -0.05) is 350 Å². The fourth-order valence-electron chi connectivity index (χ4n) is 15.9. The van der Waals surface area contributed by atoms with Crippen LogP contribution >= 0.6 is 58.1 Å². The minimum atomic E-state index is -4.07. The van der Waals surface area contributed by atoms with Gasteiger partial charge in [0.2, 0.25) is 17.7 Å². The van der Waals surface area contributed by atoms with Crippen molar-refractivity contribution in [2.24, 2.45) is 17.2 Å². The van der Waals surface area contributed by atoms with Crippen molar-refractivity contribution < 1.29 is 134 Å². The lowest BCUT2D eigenvalue weighted by Crippen LogP contribution is -2.49. The first-order valence-electron chi connectivity index (χ1n) is 58.0. The molecule has 1 aliphatic rings. The first-order valence-corrected chi connectivity index (χ1v) is 66.8. The lowest BCUT2D eigenvalue weighted by atomic mass is 10.1. The van der Waals surface area contributed by atoms with Crippen molar-refractivity contribution in [1.29, 1.82) is 0 Å². The summed E-state index contributed by atoms with van der Waals surface area (Å²) in [4.78, 5) is 166. The molecule has 7 atom stereocenters. The fourth-order valence-corrected chi connectivity index (χ4v) is 20.3. The molecule has 0 unspecified atom stereocenters. The number of rotatable bonds is 107. The number of ether oxygens (including phenoxy) is 10. The molecule has 1 rings (SSSR count). The van der Waals surface area contributed by atoms with Crippen LogP contribution in [0.3, 0.4) is 0 Å². The molecule has 34 nitrogen and oxygen atoms in total. The van der Waals surface area contributed by atoms with E-state index in [-0.39, 0.29) is 176 Å². The summed E-state index contributed by atoms with van der Waals surface area (Å²) in [5.74, 6) is -0.870. The number of esters is 6. The highest BCUT2D eigenvalue weighted by Crippen LogP contribution is 2.38. The molecular weight excluding hydrogens is 2030 g/mol. The number of amides is 3. The lowest BCUT2D eigenvalue weighted by molar-refractivity contribution is -0.157. The predicted molar refractivity (Wildman–Crippen MR) is 603 cm³/mol. The van der Waals surface area contributed by atoms with Crippen molar-refractivity contribution in [2.75, 3.05) is 132 Å². The van der Waals surface area contributed by atoms with Crippen LogP contribution in [-0.2, 0) is 104 Å². The quantitative estimate of drug-likeness (QED) is 0.0116. The van der Waals surface area contributed by atoms with Gasteiger partial charge in [-0.05, 0) is 71.1 Å². The molecule has 1 fully saturated rings. The van der Waals surface area contributed by atoms with Crippen molar-refractivity contribution in [3.63, 3.8) is 0 Å². The van der Waals surface area contributed by atoms with E-state index >= 15 is 0 Å². The second-order valence-electron chi connectivity index (χ2n) is 40.5. The minimum Gasteiger partial charge on any atom is -0.462 e. The van der Waals surface area contributed by atoms with Gasteiger partial charge in [0.25, 0.3) is 0 Å². The van der Waals surface area contributed by atoms with E-state index in [9.17, 15) is 56.8 Å². The van der Waals surface area contributed by atoms with Crippen LogP contribution in [0.2, 0.25) is 0 Å². The summed E-state index contributed by atoms with van der Waals surface area (Å²) in [5.41, 5.74) is 17.9. The third-order valence-corrected chi connectivity index (χ3v) is 31.4. The zero-order valence-electron chi connectivity index (χ0n) is 93.6. The normalized spacial score (nSPS) is 13.8. The number of nitrogens with one attached hydrogen (secondary N) is 3. The SMILES string of the molecule is CCCCCCCCCCCC(=O)OC[C@H](CSC[C@H](N)C(=O)NC1(COCCCP(=O)(O)O)CC1)OC(=O)CCCCCCCCCCC.CCCCCCCCCCCC(=O)OC[C@H](CSC[C@H](N)C(=O)NCCOCCOCCP(=O)(O)O)OC(=O)CCCCCCCCCCC.CCCCCCCCCCCC(=O)OC[C@H](CSC[C@H](N)C(=O)N[C@@H](C)COCCCP(=O)(O)O)OC(=O)CCCCCCCCCCC. The second kappa shape index (κ2) is 104. The van der Waals surface area contributed by atoms with Crippen LogP contribution in [0.4, 0.5) is 0 Å². The molecule has 0 aromatic carbocycles. The van der Waals surface area contributed by atoms with Crippen LogP contribution in [0, 0.1) is 0 Å². The van der Waals surface area contributed by atoms with Gasteiger partial charge in [-0.25, -0.2) is 0 Å². The average molecular weight is 2250 g/mol. The number of nitrogens with two attached hydrogens (primary N) is 3. The molecule has 0 aromatic rings. The van der Waals surface area contributed by atoms with Gasteiger partial charge in [0.1, 0.15) is 38.1 Å². The van der Waals surface area contributed by atoms with Gasteiger partial charge in [0.15, 0.2) is 0 Å². The first-order chi connectivity index (χ1) is 71.6. The van der Waals surface area contributed by atoms with E-state index in [0.717, 1.165) is 128 Å². The summed E-state index contributed by atoms with van der Waals surface area (Å²) in [6.07, 6.45) is 63.9. The van der Waals surface area contributed by atoms with Gasteiger partial charge in [0.05, 0.1) is 81.8 Å². The number of hydrogen-bond acceptors (Lipinski definition) is 28. The van der Waals surface area contributed by atoms with Gasteiger partial charge in [-0.3, -0.25) is 56.8 Å². The van der Waals surface area contributed by atoms with Crippen molar-refractivity contribution in [1.82, 2.24) is 16.0 Å². The molecule has 0 aliphatic heterocycles. The highest BCUT2D eigenvalue weighted by atomic mass is 32.2. The maximum atomic E-state index is 12.8. The Bertz CT molecular complexity index is 3380. The Morgan fingerprint density at radius 2 is 0.544 bits per heavy atom. The highest BCUT2D eigenvalue weighted by Gasteiger charge is 2.45. The Balaban J connectivity index is 0. The molecular formula is C109H213N6O28P3S3. The summed E-state index contributed by atoms with van der Waals surface area (Å²) in [6.45, 7) is 16.6. The number of carbonyl (C=O) groups is 9. The third-order valence-electron chi connectivity index (χ3n) is 25.2. The number of carbonyl (C=O) groups excluding carboxylic acids is 9. The smallest absolute Gasteiger partial charge is 0.327 e. The van der Waals surface area contributed by atoms with E-state index in [4.69, 9.17) is 93.9 Å². The van der Waals surface area contributed by atoms with Crippen molar-refractivity contribution in [3.8, 4) is 0 Å². The van der Waals surface area contributed by atoms with Crippen LogP contribution in [0.15, 0.2) is 0 Å². The van der Waals surface area contributed by atoms with Gasteiger partial charge < -0.3 is 110 Å². The number of thioether (sulfide) groups is 3. The van der Waals surface area contributed by atoms with Crippen LogP contribution in [0.25, 0.3) is 0 Å². The lowest BCUT2D eigenvalue weighted by Gasteiger charge is -2.21. The highest BCUT2D eigenvalue weighted by molar-refractivity contribution is 7.99. The molecule has 149 heavy (non-hydrogen) atoms. The third kappa shape index (κ3) is 107. The summed E-state index contributed by atoms with van der Waals surface area (Å²) in [5, 5.41) is 8.46. The van der Waals surface area contributed by atoms with Crippen molar-refractivity contribution in [2.45, 2.75) is 507 Å². The van der Waals surface area contributed by atoms with Crippen molar-refractivity contribution in [3.05, 3.63) is 0 Å². The standard InChI is InChI=1S/C37H71N2O9PS.C36H71N2O10PS.C36H71N2O9PS/c1-3-5-7-9-11-13-15-17-19-22-34(40)47-28-32(48-35(41)23-20-18-16-14-12-10-8-6-4-2)29-50-30-33(38)36(42)39-37(24-25-37)31-46-26-21-27-49(43,44)45;1-3-5-7-9-11-13-15-17-19-21-34(39)47-29-32(48-35(40)22-20-18-16-14-12-10-8-6-4-2)30-50-31-33(37)36(41)38-23-24-45-25-26-46-27-28-49(42,43)44;1-4-6-8-10-12-14-16-18-20-23-34(39)46-28-32(47-35(40)24-21-19-17-15-13-11-9-7-5-2)29-49-30-33(37)36(41)38-31(3)27-45-25-22-26-48(42,43)44/h32-33H,3-31,38H2,1-2H3,(H,39,42)(H2,43,44,45);32-33H,3-31,37H2,1-2H3,(H,38,41)(H2,42,43,44);31-33H,4-30,37H2,1-3H3,(H,38,41)(H2,42,43,44)/t2*32-,33+;31-,32+,33-/m110/s1. The van der Waals surface area contributed by atoms with Crippen LogP contribution in [-0.4, -0.2) is 263 Å². The van der Waals surface area contributed by atoms with Crippen LogP contribution in [0.5, 0.6) is 0 Å². The molecule has 3 amide bonds. The largest absolute Gasteiger partial charge is 0.462 e. The molecule has 1 saturated carbocycles. The molecule has 880 valence electrons. The Morgan fingerprint density at radius 3 is 0.826 bits per heavy atom. The molecule has 0 bridgehead atoms. The molecule has 1 aliphatic carbocycles. The van der Waals surface area contributed by atoms with E-state index < -0.39 is 64.8 Å². The van der Waals surface area contributed by atoms with E-state index in [1.165, 1.54) is 266 Å². The van der Waals surface area contributed by atoms with Gasteiger partial charge in [-0.15, -0.1) is 0 Å². The van der Waals surface area contributed by atoms with Crippen LogP contribution < -0.4 is 33.2 Å². The Morgan fingerprint density at radius 1 is 0.289 bits per heavy atom. The predicted octanol–water partition coefficient (Wildman–Crippen LogP) is 21.7. The van der Waals surface area contributed by atoms with E-state index in [1.807, 2.05) is 0 Å². The summed E-state index contributed by atoms with van der Waals surface area (Å²) in [7, 11) is -12.2. The molecule has 15 N–H and O–H groups in total. The average Bonchev–Trinajstić information content (AvgIpc) is 1.65. The molecule has 0 saturated heterocycles. The summed E-state index contributed by atoms with van der Waals surface area (Å²) < 4.78 is 87.8. The number of unbranched alkanes of at least 4 members (excludes halogenated alkanes) is 48. The Labute approximate surface area is 912 Å². The number of hydrogen-bond donors (Lipinski definition) is 12. The summed E-state index contributed by atoms with van der Waals surface area (Å²) >= 11 is 4.11. The Hall–Kier alpha value is -3.55. The van der Waals surface area contributed by atoms with E-state index in [0.29, 0.717) is 67.3 Å². The second-order valence-corrected chi connectivity index (χ2v) is 49.0. The summed E-state index contributed by atoms with van der Waals surface area (Å²) in [6, 6.07) is -2.73. The van der Waals surface area contributed by atoms with Crippen LogP contribution in [0.1, 0.15) is 459 Å². The fraction of sp³-hybridized carbons (Fsp3) is 0.917. The van der Waals surface area contributed by atoms with E-state index in [2.05, 4.69) is 57.5 Å². The molecule has 0 aromatic heterocycles. The minimum absolute atomic E-state index is 0.0172. The molecule has 0 heterocycles. The Kier molecular flexibility index (Phi) is 102. The first kappa shape index (κ1) is 147. The molecule has 0 spiro atoms. The molecule has 0 radical (unpaired) electrons. The van der Waals surface area contributed by atoms with E-state index in [1.54, 1.807) is 6.92 Å². The van der Waals surface area contributed by atoms with Crippen molar-refractivity contribution >= 4 is 112 Å². The van der Waals surface area contributed by atoms with Gasteiger partial charge >= 0.3 is 58.6 Å². The monoisotopic (exact) mass is 2240 g/mol.